The Kier molecular flexibility index (Phi) is 4.05. The molecule has 2 heteroatoms. The summed E-state index contributed by atoms with van der Waals surface area (Å²) in [7, 11) is 0. The molecule has 0 aliphatic rings. The summed E-state index contributed by atoms with van der Waals surface area (Å²) in [5.41, 5.74) is 8.70. The lowest BCUT2D eigenvalue weighted by Gasteiger charge is -2.13. The number of anilines is 1. The summed E-state index contributed by atoms with van der Waals surface area (Å²) in [6.07, 6.45) is 6.80. The quantitative estimate of drug-likeness (QED) is 0.464. The number of ether oxygens (including phenoxy) is 1. The van der Waals surface area contributed by atoms with Crippen LogP contribution in [0.2, 0.25) is 0 Å². The zero-order valence-corrected chi connectivity index (χ0v) is 9.34. The van der Waals surface area contributed by atoms with E-state index < -0.39 is 0 Å². The van der Waals surface area contributed by atoms with E-state index in [9.17, 15) is 0 Å². The van der Waals surface area contributed by atoms with Crippen molar-refractivity contribution in [1.82, 2.24) is 0 Å². The van der Waals surface area contributed by atoms with Crippen molar-refractivity contribution in [2.24, 2.45) is 0 Å². The van der Waals surface area contributed by atoms with Gasteiger partial charge in [0.1, 0.15) is 5.75 Å². The molecule has 0 aromatic heterocycles. The Labute approximate surface area is 91.4 Å². The molecule has 0 aliphatic carbocycles. The Hall–Kier alpha value is -1.62. The van der Waals surface area contributed by atoms with Gasteiger partial charge in [-0.05, 0) is 31.9 Å². The number of rotatable bonds is 4. The molecule has 0 saturated carbocycles. The molecule has 0 spiro atoms. The summed E-state index contributed by atoms with van der Waals surface area (Å²) in [5.74, 6) is 3.49. The Bertz CT molecular complexity index is 377. The highest BCUT2D eigenvalue weighted by Crippen LogP contribution is 2.27. The number of hydrogen-bond acceptors (Lipinski definition) is 2. The third-order valence-electron chi connectivity index (χ3n) is 2.36. The van der Waals surface area contributed by atoms with Crippen LogP contribution in [-0.2, 0) is 0 Å². The third kappa shape index (κ3) is 2.92. The van der Waals surface area contributed by atoms with E-state index in [1.165, 1.54) is 0 Å². The Morgan fingerprint density at radius 3 is 2.80 bits per heavy atom. The zero-order chi connectivity index (χ0) is 11.3. The summed E-state index contributed by atoms with van der Waals surface area (Å²) in [6.45, 7) is 4.64. The summed E-state index contributed by atoms with van der Waals surface area (Å²) in [4.78, 5) is 0. The van der Waals surface area contributed by atoms with Crippen LogP contribution < -0.4 is 10.5 Å². The minimum Gasteiger partial charge on any atom is -0.493 e. The first-order valence-corrected chi connectivity index (χ1v) is 5.08. The van der Waals surface area contributed by atoms with Gasteiger partial charge in [-0.15, -0.1) is 12.3 Å². The molecule has 0 amide bonds. The maximum atomic E-state index is 5.81. The van der Waals surface area contributed by atoms with Gasteiger partial charge in [0.05, 0.1) is 6.61 Å². The van der Waals surface area contributed by atoms with Gasteiger partial charge in [-0.1, -0.05) is 6.07 Å². The predicted octanol–water partition coefficient (Wildman–Crippen LogP) is 2.68. The molecule has 0 fully saturated rings. The van der Waals surface area contributed by atoms with Crippen LogP contribution in [0.4, 0.5) is 5.69 Å². The van der Waals surface area contributed by atoms with Crippen LogP contribution in [0.5, 0.6) is 5.75 Å². The molecule has 0 aliphatic heterocycles. The fraction of sp³-hybridized carbons (Fsp3) is 0.385. The fourth-order valence-electron chi connectivity index (χ4n) is 1.41. The molecule has 15 heavy (non-hydrogen) atoms. The van der Waals surface area contributed by atoms with Crippen LogP contribution >= 0.6 is 0 Å². The Balaban J connectivity index is 2.68. The number of unbranched alkanes of at least 4 members (excludes halogenated alkanes) is 1. The van der Waals surface area contributed by atoms with Gasteiger partial charge in [-0.25, -0.2) is 0 Å². The summed E-state index contributed by atoms with van der Waals surface area (Å²) in [5, 5.41) is 0. The molecule has 0 atom stereocenters. The number of benzene rings is 1. The number of nitrogen functional groups attached to an aromatic ring is 1. The number of hydrogen-bond donors (Lipinski definition) is 1. The van der Waals surface area contributed by atoms with Crippen LogP contribution in [0.25, 0.3) is 0 Å². The van der Waals surface area contributed by atoms with E-state index >= 15 is 0 Å². The highest BCUT2D eigenvalue weighted by Gasteiger charge is 2.06. The van der Waals surface area contributed by atoms with Crippen molar-refractivity contribution in [1.29, 1.82) is 0 Å². The molecule has 0 heterocycles. The average molecular weight is 203 g/mol. The highest BCUT2D eigenvalue weighted by atomic mass is 16.5. The molecule has 2 nitrogen and oxygen atoms in total. The van der Waals surface area contributed by atoms with Crippen LogP contribution in [0.1, 0.15) is 24.0 Å². The fourth-order valence-corrected chi connectivity index (χ4v) is 1.41. The Morgan fingerprint density at radius 2 is 2.13 bits per heavy atom. The first-order valence-electron chi connectivity index (χ1n) is 5.08. The van der Waals surface area contributed by atoms with E-state index in [0.717, 1.165) is 35.4 Å². The van der Waals surface area contributed by atoms with Gasteiger partial charge < -0.3 is 10.5 Å². The topological polar surface area (TPSA) is 35.2 Å². The normalized spacial score (nSPS) is 9.67. The summed E-state index contributed by atoms with van der Waals surface area (Å²) in [6, 6.07) is 3.87. The number of aryl methyl sites for hydroxylation is 1. The van der Waals surface area contributed by atoms with Crippen molar-refractivity contribution in [2.45, 2.75) is 26.7 Å². The maximum absolute atomic E-state index is 5.81. The van der Waals surface area contributed by atoms with E-state index in [1.54, 1.807) is 0 Å². The van der Waals surface area contributed by atoms with Crippen LogP contribution in [0.15, 0.2) is 12.1 Å². The van der Waals surface area contributed by atoms with Gasteiger partial charge in [0.25, 0.3) is 0 Å². The van der Waals surface area contributed by atoms with Crippen LogP contribution in [0.3, 0.4) is 0 Å². The van der Waals surface area contributed by atoms with Crippen molar-refractivity contribution in [3.8, 4) is 18.1 Å². The standard InChI is InChI=1S/C13H17NO/c1-4-5-6-9-15-13-10(2)7-8-12(14)11(13)3/h1,7-8H,5-6,9,14H2,2-3H3. The van der Waals surface area contributed by atoms with Crippen molar-refractivity contribution in [3.63, 3.8) is 0 Å². The number of nitrogens with two attached hydrogens (primary N) is 1. The SMILES string of the molecule is C#CCCCOc1c(C)ccc(N)c1C. The predicted molar refractivity (Wildman–Crippen MR) is 63.9 cm³/mol. The monoisotopic (exact) mass is 203 g/mol. The molecule has 2 N–H and O–H groups in total. The van der Waals surface area contributed by atoms with Crippen molar-refractivity contribution >= 4 is 5.69 Å². The van der Waals surface area contributed by atoms with Gasteiger partial charge in [0, 0.05) is 17.7 Å². The van der Waals surface area contributed by atoms with E-state index in [1.807, 2.05) is 26.0 Å². The molecular formula is C13H17NO. The second-order valence-electron chi connectivity index (χ2n) is 3.58. The van der Waals surface area contributed by atoms with Crippen molar-refractivity contribution in [3.05, 3.63) is 23.3 Å². The Morgan fingerprint density at radius 1 is 1.40 bits per heavy atom. The summed E-state index contributed by atoms with van der Waals surface area (Å²) >= 11 is 0. The van der Waals surface area contributed by atoms with Gasteiger partial charge in [-0.3, -0.25) is 0 Å². The van der Waals surface area contributed by atoms with Gasteiger partial charge in [-0.2, -0.15) is 0 Å². The second-order valence-corrected chi connectivity index (χ2v) is 3.58. The van der Waals surface area contributed by atoms with Gasteiger partial charge in [0.2, 0.25) is 0 Å². The van der Waals surface area contributed by atoms with E-state index in [-0.39, 0.29) is 0 Å². The van der Waals surface area contributed by atoms with E-state index in [2.05, 4.69) is 5.92 Å². The first-order chi connectivity index (χ1) is 7.16. The highest BCUT2D eigenvalue weighted by molar-refractivity contribution is 5.56. The lowest BCUT2D eigenvalue weighted by atomic mass is 10.1. The minimum atomic E-state index is 0.648. The number of terminal acetylenes is 1. The molecule has 0 saturated heterocycles. The first kappa shape index (κ1) is 11.5. The molecule has 0 unspecified atom stereocenters. The lowest BCUT2D eigenvalue weighted by Crippen LogP contribution is -2.02. The van der Waals surface area contributed by atoms with Crippen molar-refractivity contribution in [2.75, 3.05) is 12.3 Å². The van der Waals surface area contributed by atoms with Crippen molar-refractivity contribution < 1.29 is 4.74 Å². The second kappa shape index (κ2) is 5.31. The van der Waals surface area contributed by atoms with Crippen LogP contribution in [-0.4, -0.2) is 6.61 Å². The van der Waals surface area contributed by atoms with Crippen LogP contribution in [0, 0.1) is 26.2 Å². The smallest absolute Gasteiger partial charge is 0.127 e. The molecular weight excluding hydrogens is 186 g/mol. The van der Waals surface area contributed by atoms with E-state index in [0.29, 0.717) is 6.61 Å². The third-order valence-corrected chi connectivity index (χ3v) is 2.36. The van der Waals surface area contributed by atoms with Gasteiger partial charge >= 0.3 is 0 Å². The lowest BCUT2D eigenvalue weighted by molar-refractivity contribution is 0.309. The van der Waals surface area contributed by atoms with Gasteiger partial charge in [0.15, 0.2) is 0 Å². The zero-order valence-electron chi connectivity index (χ0n) is 9.34. The molecule has 80 valence electrons. The maximum Gasteiger partial charge on any atom is 0.127 e. The molecule has 1 aromatic rings. The molecule has 0 radical (unpaired) electrons. The average Bonchev–Trinajstić information content (AvgIpc) is 2.23. The minimum absolute atomic E-state index is 0.648. The largest absolute Gasteiger partial charge is 0.493 e. The molecule has 0 bridgehead atoms. The van der Waals surface area contributed by atoms with E-state index in [4.69, 9.17) is 16.9 Å². The summed E-state index contributed by atoms with van der Waals surface area (Å²) < 4.78 is 5.67. The molecule has 1 aromatic carbocycles. The molecule has 1 rings (SSSR count).